The van der Waals surface area contributed by atoms with Gasteiger partial charge in [-0.1, -0.05) is 69.4 Å². The minimum atomic E-state index is 0.764. The van der Waals surface area contributed by atoms with Crippen molar-refractivity contribution in [2.24, 2.45) is 0 Å². The summed E-state index contributed by atoms with van der Waals surface area (Å²) in [6.45, 7) is 13.1. The van der Waals surface area contributed by atoms with Crippen molar-refractivity contribution < 1.29 is 9.47 Å². The van der Waals surface area contributed by atoms with Crippen molar-refractivity contribution in [2.75, 3.05) is 52.5 Å². The van der Waals surface area contributed by atoms with Crippen LogP contribution in [0, 0.1) is 0 Å². The predicted octanol–water partition coefficient (Wildman–Crippen LogP) is 8.60. The SMILES string of the molecule is CCCCCC(CCCCC)=C(c1ccc(OCCN2CCCC2)cc1)c1ccc(OCCN2CCCC2)cc1. The van der Waals surface area contributed by atoms with Gasteiger partial charge in [0.1, 0.15) is 24.7 Å². The second-order valence-corrected chi connectivity index (χ2v) is 11.7. The molecule has 4 heteroatoms. The number of hydrogen-bond acceptors (Lipinski definition) is 4. The fourth-order valence-corrected chi connectivity index (χ4v) is 6.16. The smallest absolute Gasteiger partial charge is 0.119 e. The Morgan fingerprint density at radius 1 is 0.575 bits per heavy atom. The number of unbranched alkanes of at least 4 members (excludes halogenated alkanes) is 4. The van der Waals surface area contributed by atoms with Crippen LogP contribution in [-0.4, -0.2) is 62.3 Å². The molecule has 2 aliphatic rings. The largest absolute Gasteiger partial charge is 0.492 e. The normalized spacial score (nSPS) is 15.9. The summed E-state index contributed by atoms with van der Waals surface area (Å²) >= 11 is 0. The van der Waals surface area contributed by atoms with Gasteiger partial charge in [0.25, 0.3) is 0 Å². The number of ether oxygens (including phenoxy) is 2. The second kappa shape index (κ2) is 17.5. The molecule has 4 rings (SSSR count). The average molecular weight is 547 g/mol. The van der Waals surface area contributed by atoms with E-state index in [1.807, 2.05) is 0 Å². The van der Waals surface area contributed by atoms with Crippen LogP contribution in [-0.2, 0) is 0 Å². The monoisotopic (exact) mass is 546 g/mol. The molecule has 0 saturated carbocycles. The van der Waals surface area contributed by atoms with Crippen LogP contribution in [0.1, 0.15) is 102 Å². The van der Waals surface area contributed by atoms with E-state index in [2.05, 4.69) is 72.2 Å². The summed E-state index contributed by atoms with van der Waals surface area (Å²) in [4.78, 5) is 5.02. The Morgan fingerprint density at radius 2 is 0.975 bits per heavy atom. The maximum atomic E-state index is 6.14. The van der Waals surface area contributed by atoms with Crippen LogP contribution in [0.3, 0.4) is 0 Å². The van der Waals surface area contributed by atoms with Crippen LogP contribution in [0.15, 0.2) is 54.1 Å². The van der Waals surface area contributed by atoms with Gasteiger partial charge in [-0.2, -0.15) is 0 Å². The third-order valence-corrected chi connectivity index (χ3v) is 8.55. The molecule has 0 radical (unpaired) electrons. The first-order chi connectivity index (χ1) is 19.8. The number of allylic oxidation sites excluding steroid dienone is 1. The summed E-state index contributed by atoms with van der Waals surface area (Å²) in [6, 6.07) is 17.8. The molecule has 0 aliphatic carbocycles. The van der Waals surface area contributed by atoms with Crippen LogP contribution in [0.4, 0.5) is 0 Å². The van der Waals surface area contributed by atoms with Crippen molar-refractivity contribution in [3.05, 3.63) is 65.2 Å². The number of nitrogens with zero attached hydrogens (tertiary/aromatic N) is 2. The molecule has 0 bridgehead atoms. The number of hydrogen-bond donors (Lipinski definition) is 0. The molecule has 2 aliphatic heterocycles. The topological polar surface area (TPSA) is 24.9 Å². The summed E-state index contributed by atoms with van der Waals surface area (Å²) in [6.07, 6.45) is 15.3. The van der Waals surface area contributed by atoms with E-state index in [9.17, 15) is 0 Å². The molecular weight excluding hydrogens is 492 g/mol. The molecule has 2 aromatic rings. The van der Waals surface area contributed by atoms with Crippen LogP contribution in [0.2, 0.25) is 0 Å². The molecule has 2 saturated heterocycles. The second-order valence-electron chi connectivity index (χ2n) is 11.7. The van der Waals surface area contributed by atoms with Crippen molar-refractivity contribution in [2.45, 2.75) is 90.9 Å². The van der Waals surface area contributed by atoms with E-state index in [1.54, 1.807) is 5.57 Å². The quantitative estimate of drug-likeness (QED) is 0.175. The van der Waals surface area contributed by atoms with Gasteiger partial charge in [-0.25, -0.2) is 0 Å². The fraction of sp³-hybridized carbons (Fsp3) is 0.611. The molecule has 40 heavy (non-hydrogen) atoms. The third kappa shape index (κ3) is 9.96. The maximum absolute atomic E-state index is 6.14. The highest BCUT2D eigenvalue weighted by atomic mass is 16.5. The van der Waals surface area contributed by atoms with Gasteiger partial charge in [0.05, 0.1) is 0 Å². The van der Waals surface area contributed by atoms with Crippen LogP contribution >= 0.6 is 0 Å². The highest BCUT2D eigenvalue weighted by molar-refractivity contribution is 5.82. The zero-order valence-corrected chi connectivity index (χ0v) is 25.5. The third-order valence-electron chi connectivity index (χ3n) is 8.55. The lowest BCUT2D eigenvalue weighted by Crippen LogP contribution is -2.25. The van der Waals surface area contributed by atoms with E-state index < -0.39 is 0 Å². The van der Waals surface area contributed by atoms with Crippen molar-refractivity contribution >= 4 is 5.57 Å². The van der Waals surface area contributed by atoms with Gasteiger partial charge in [-0.05, 0) is 119 Å². The summed E-state index contributed by atoms with van der Waals surface area (Å²) in [5.74, 6) is 1.95. The lowest BCUT2D eigenvalue weighted by Gasteiger charge is -2.19. The van der Waals surface area contributed by atoms with Gasteiger partial charge in [0.15, 0.2) is 0 Å². The van der Waals surface area contributed by atoms with Crippen molar-refractivity contribution in [1.29, 1.82) is 0 Å². The Balaban J connectivity index is 1.49. The molecule has 0 unspecified atom stereocenters. The summed E-state index contributed by atoms with van der Waals surface area (Å²) < 4.78 is 12.3. The first-order valence-corrected chi connectivity index (χ1v) is 16.4. The van der Waals surface area contributed by atoms with Gasteiger partial charge < -0.3 is 9.47 Å². The Hall–Kier alpha value is -2.30. The number of likely N-dealkylation sites (tertiary alicyclic amines) is 2. The van der Waals surface area contributed by atoms with Gasteiger partial charge in [-0.15, -0.1) is 0 Å². The Bertz CT molecular complexity index is 907. The standard InChI is InChI=1S/C36H54N2O2/c1-3-5-7-13-31(14-8-6-4-2)36(32-15-19-34(20-16-32)39-29-27-37-23-9-10-24-37)33-17-21-35(22-18-33)40-30-28-38-25-11-12-26-38/h15-22H,3-14,23-30H2,1-2H3. The summed E-state index contributed by atoms with van der Waals surface area (Å²) in [5, 5.41) is 0. The lowest BCUT2D eigenvalue weighted by atomic mass is 9.88. The zero-order chi connectivity index (χ0) is 27.8. The van der Waals surface area contributed by atoms with Crippen LogP contribution in [0.25, 0.3) is 5.57 Å². The van der Waals surface area contributed by atoms with Crippen molar-refractivity contribution in [3.8, 4) is 11.5 Å². The highest BCUT2D eigenvalue weighted by Gasteiger charge is 2.15. The van der Waals surface area contributed by atoms with E-state index in [0.29, 0.717) is 0 Å². The Morgan fingerprint density at radius 3 is 1.35 bits per heavy atom. The lowest BCUT2D eigenvalue weighted by molar-refractivity contribution is 0.237. The molecule has 0 aromatic heterocycles. The van der Waals surface area contributed by atoms with Gasteiger partial charge in [-0.3, -0.25) is 9.80 Å². The van der Waals surface area contributed by atoms with Gasteiger partial charge in [0, 0.05) is 13.1 Å². The van der Waals surface area contributed by atoms with Crippen molar-refractivity contribution in [1.82, 2.24) is 9.80 Å². The minimum absolute atomic E-state index is 0.764. The number of rotatable bonds is 18. The summed E-state index contributed by atoms with van der Waals surface area (Å²) in [5.41, 5.74) is 5.63. The van der Waals surface area contributed by atoms with Gasteiger partial charge in [0.2, 0.25) is 0 Å². The first kappa shape index (κ1) is 30.7. The van der Waals surface area contributed by atoms with E-state index >= 15 is 0 Å². The van der Waals surface area contributed by atoms with E-state index in [-0.39, 0.29) is 0 Å². The number of benzene rings is 2. The van der Waals surface area contributed by atoms with Crippen LogP contribution < -0.4 is 9.47 Å². The molecule has 0 atom stereocenters. The predicted molar refractivity (Wildman–Crippen MR) is 170 cm³/mol. The molecule has 220 valence electrons. The summed E-state index contributed by atoms with van der Waals surface area (Å²) in [7, 11) is 0. The zero-order valence-electron chi connectivity index (χ0n) is 25.5. The molecule has 2 heterocycles. The molecule has 4 nitrogen and oxygen atoms in total. The first-order valence-electron chi connectivity index (χ1n) is 16.4. The average Bonchev–Trinajstić information content (AvgIpc) is 3.70. The molecule has 0 spiro atoms. The van der Waals surface area contributed by atoms with Crippen molar-refractivity contribution in [3.63, 3.8) is 0 Å². The minimum Gasteiger partial charge on any atom is -0.492 e. The Kier molecular flexibility index (Phi) is 13.4. The van der Waals surface area contributed by atoms with Gasteiger partial charge >= 0.3 is 0 Å². The van der Waals surface area contributed by atoms with E-state index in [1.165, 1.54) is 120 Å². The fourth-order valence-electron chi connectivity index (χ4n) is 6.16. The molecular formula is C36H54N2O2. The molecule has 2 aromatic carbocycles. The molecule has 2 fully saturated rings. The maximum Gasteiger partial charge on any atom is 0.119 e. The van der Waals surface area contributed by atoms with E-state index in [4.69, 9.17) is 9.47 Å². The molecule has 0 N–H and O–H groups in total. The Labute approximate surface area is 244 Å². The van der Waals surface area contributed by atoms with Crippen LogP contribution in [0.5, 0.6) is 11.5 Å². The highest BCUT2D eigenvalue weighted by Crippen LogP contribution is 2.34. The van der Waals surface area contributed by atoms with E-state index in [0.717, 1.165) is 37.8 Å². The molecule has 0 amide bonds.